The molecule has 0 aliphatic carbocycles. The van der Waals surface area contributed by atoms with E-state index in [2.05, 4.69) is 10.6 Å². The number of amides is 2. The van der Waals surface area contributed by atoms with Crippen LogP contribution >= 0.6 is 23.2 Å². The van der Waals surface area contributed by atoms with Gasteiger partial charge < -0.3 is 15.4 Å². The van der Waals surface area contributed by atoms with Crippen LogP contribution in [0.5, 0.6) is 5.75 Å². The fourth-order valence-corrected chi connectivity index (χ4v) is 2.40. The molecule has 2 N–H and O–H groups in total. The third-order valence-corrected chi connectivity index (χ3v) is 4.30. The second-order valence-corrected chi connectivity index (χ2v) is 6.57. The lowest BCUT2D eigenvalue weighted by atomic mass is 10.2. The number of aryl methyl sites for hydroxylation is 1. The number of halogens is 2. The number of hydrogen-bond donors (Lipinski definition) is 2. The molecule has 0 heterocycles. The van der Waals surface area contributed by atoms with Crippen molar-refractivity contribution in [3.8, 4) is 5.75 Å². The number of rotatable bonds is 7. The maximum atomic E-state index is 12.1. The minimum Gasteiger partial charge on any atom is -0.481 e. The smallest absolute Gasteiger partial charge is 0.260 e. The molecule has 26 heavy (non-hydrogen) atoms. The van der Waals surface area contributed by atoms with E-state index < -0.39 is 6.10 Å². The molecule has 0 aliphatic rings. The Kier molecular flexibility index (Phi) is 7.30. The van der Waals surface area contributed by atoms with Crippen LogP contribution in [0.3, 0.4) is 0 Å². The summed E-state index contributed by atoms with van der Waals surface area (Å²) in [7, 11) is 0. The summed E-state index contributed by atoms with van der Waals surface area (Å²) in [5.41, 5.74) is 1.39. The van der Waals surface area contributed by atoms with E-state index in [-0.39, 0.29) is 11.8 Å². The molecule has 0 saturated heterocycles. The zero-order valence-corrected chi connectivity index (χ0v) is 16.0. The molecule has 1 atom stereocenters. The second-order valence-electron chi connectivity index (χ2n) is 5.72. The van der Waals surface area contributed by atoms with Crippen molar-refractivity contribution in [1.29, 1.82) is 0 Å². The summed E-state index contributed by atoms with van der Waals surface area (Å²) in [4.78, 5) is 24.0. The van der Waals surface area contributed by atoms with Crippen molar-refractivity contribution in [3.63, 3.8) is 0 Å². The van der Waals surface area contributed by atoms with Gasteiger partial charge in [0.2, 0.25) is 0 Å². The highest BCUT2D eigenvalue weighted by atomic mass is 35.5. The Bertz CT molecular complexity index is 779. The van der Waals surface area contributed by atoms with Crippen LogP contribution in [0.15, 0.2) is 42.5 Å². The van der Waals surface area contributed by atoms with Crippen molar-refractivity contribution in [2.24, 2.45) is 0 Å². The number of benzene rings is 2. The zero-order valence-electron chi connectivity index (χ0n) is 14.5. The summed E-state index contributed by atoms with van der Waals surface area (Å²) in [6.07, 6.45) is -0.664. The normalized spacial score (nSPS) is 11.5. The van der Waals surface area contributed by atoms with Gasteiger partial charge in [-0.25, -0.2) is 0 Å². The third-order valence-electron chi connectivity index (χ3n) is 3.63. The van der Waals surface area contributed by atoms with Gasteiger partial charge in [0.15, 0.2) is 6.10 Å². The van der Waals surface area contributed by atoms with Crippen molar-refractivity contribution < 1.29 is 14.3 Å². The Morgan fingerprint density at radius 3 is 2.35 bits per heavy atom. The minimum atomic E-state index is -0.664. The fraction of sp³-hybridized carbons (Fsp3) is 0.263. The standard InChI is InChI=1S/C19H20Cl2N2O3/c1-12-11-16(7-8-17(12)21)26-13(2)18(24)22-9-10-23-19(25)14-3-5-15(20)6-4-14/h3-8,11,13H,9-10H2,1-2H3,(H,22,24)(H,23,25). The lowest BCUT2D eigenvalue weighted by molar-refractivity contribution is -0.127. The van der Waals surface area contributed by atoms with Crippen LogP contribution in [0.2, 0.25) is 10.0 Å². The van der Waals surface area contributed by atoms with Crippen molar-refractivity contribution >= 4 is 35.0 Å². The largest absolute Gasteiger partial charge is 0.481 e. The highest BCUT2D eigenvalue weighted by molar-refractivity contribution is 6.31. The average molecular weight is 395 g/mol. The second kappa shape index (κ2) is 9.46. The molecule has 2 amide bonds. The van der Waals surface area contributed by atoms with Crippen LogP contribution in [0.1, 0.15) is 22.8 Å². The number of carbonyl (C=O) groups excluding carboxylic acids is 2. The summed E-state index contributed by atoms with van der Waals surface area (Å²) >= 11 is 11.8. The molecule has 0 radical (unpaired) electrons. The Hall–Kier alpha value is -2.24. The SMILES string of the molecule is Cc1cc(OC(C)C(=O)NCCNC(=O)c2ccc(Cl)cc2)ccc1Cl. The predicted molar refractivity (Wildman–Crippen MR) is 103 cm³/mol. The molecule has 2 aromatic carbocycles. The zero-order chi connectivity index (χ0) is 19.1. The lowest BCUT2D eigenvalue weighted by Gasteiger charge is -2.15. The van der Waals surface area contributed by atoms with E-state index in [0.717, 1.165) is 5.56 Å². The summed E-state index contributed by atoms with van der Waals surface area (Å²) in [5, 5.41) is 6.66. The van der Waals surface area contributed by atoms with Gasteiger partial charge in [-0.1, -0.05) is 23.2 Å². The molecule has 2 aromatic rings. The van der Waals surface area contributed by atoms with Crippen LogP contribution in [0.4, 0.5) is 0 Å². The van der Waals surface area contributed by atoms with Gasteiger partial charge in [0.1, 0.15) is 5.75 Å². The number of nitrogens with one attached hydrogen (secondary N) is 2. The van der Waals surface area contributed by atoms with E-state index in [1.807, 2.05) is 6.92 Å². The molecule has 138 valence electrons. The molecule has 0 aliphatic heterocycles. The van der Waals surface area contributed by atoms with Gasteiger partial charge in [-0.05, 0) is 61.9 Å². The Labute approximate surface area is 162 Å². The van der Waals surface area contributed by atoms with Gasteiger partial charge in [0.05, 0.1) is 0 Å². The summed E-state index contributed by atoms with van der Waals surface area (Å²) in [5.74, 6) is 0.0841. The summed E-state index contributed by atoms with van der Waals surface area (Å²) in [6.45, 7) is 4.13. The number of ether oxygens (including phenoxy) is 1. The molecule has 1 unspecified atom stereocenters. The van der Waals surface area contributed by atoms with E-state index in [9.17, 15) is 9.59 Å². The molecular weight excluding hydrogens is 375 g/mol. The first kappa shape index (κ1) is 20.1. The molecule has 0 aromatic heterocycles. The Morgan fingerprint density at radius 2 is 1.69 bits per heavy atom. The maximum Gasteiger partial charge on any atom is 0.260 e. The van der Waals surface area contributed by atoms with Crippen LogP contribution in [0.25, 0.3) is 0 Å². The molecule has 0 saturated carbocycles. The van der Waals surface area contributed by atoms with Crippen LogP contribution in [-0.4, -0.2) is 31.0 Å². The minimum absolute atomic E-state index is 0.225. The van der Waals surface area contributed by atoms with Crippen LogP contribution < -0.4 is 15.4 Å². The topological polar surface area (TPSA) is 67.4 Å². The Balaban J connectivity index is 1.73. The third kappa shape index (κ3) is 5.93. The highest BCUT2D eigenvalue weighted by Crippen LogP contribution is 2.21. The van der Waals surface area contributed by atoms with E-state index in [0.29, 0.717) is 34.4 Å². The van der Waals surface area contributed by atoms with E-state index in [4.69, 9.17) is 27.9 Å². The van der Waals surface area contributed by atoms with Crippen molar-refractivity contribution in [2.75, 3.05) is 13.1 Å². The van der Waals surface area contributed by atoms with Gasteiger partial charge in [0.25, 0.3) is 11.8 Å². The quantitative estimate of drug-likeness (QED) is 0.704. The average Bonchev–Trinajstić information content (AvgIpc) is 2.62. The predicted octanol–water partition coefficient (Wildman–Crippen LogP) is 3.62. The summed E-state index contributed by atoms with van der Waals surface area (Å²) in [6, 6.07) is 11.8. The molecule has 5 nitrogen and oxygen atoms in total. The van der Waals surface area contributed by atoms with E-state index in [1.165, 1.54) is 0 Å². The van der Waals surface area contributed by atoms with E-state index in [1.54, 1.807) is 49.4 Å². The first-order valence-electron chi connectivity index (χ1n) is 8.11. The molecule has 7 heteroatoms. The van der Waals surface area contributed by atoms with E-state index >= 15 is 0 Å². The van der Waals surface area contributed by atoms with Gasteiger partial charge in [-0.2, -0.15) is 0 Å². The fourth-order valence-electron chi connectivity index (χ4n) is 2.16. The molecule has 0 spiro atoms. The lowest BCUT2D eigenvalue weighted by Crippen LogP contribution is -2.40. The van der Waals surface area contributed by atoms with Gasteiger partial charge >= 0.3 is 0 Å². The molecule has 0 fully saturated rings. The molecule has 0 bridgehead atoms. The number of hydrogen-bond acceptors (Lipinski definition) is 3. The first-order chi connectivity index (χ1) is 12.4. The van der Waals surface area contributed by atoms with Crippen molar-refractivity contribution in [1.82, 2.24) is 10.6 Å². The molecule has 2 rings (SSSR count). The summed E-state index contributed by atoms with van der Waals surface area (Å²) < 4.78 is 5.60. The Morgan fingerprint density at radius 1 is 1.04 bits per heavy atom. The number of carbonyl (C=O) groups is 2. The van der Waals surface area contributed by atoms with Crippen LogP contribution in [-0.2, 0) is 4.79 Å². The first-order valence-corrected chi connectivity index (χ1v) is 8.86. The highest BCUT2D eigenvalue weighted by Gasteiger charge is 2.14. The van der Waals surface area contributed by atoms with Gasteiger partial charge in [-0.3, -0.25) is 9.59 Å². The monoisotopic (exact) mass is 394 g/mol. The molecular formula is C19H20Cl2N2O3. The van der Waals surface area contributed by atoms with Gasteiger partial charge in [-0.15, -0.1) is 0 Å². The van der Waals surface area contributed by atoms with Gasteiger partial charge in [0, 0.05) is 28.7 Å². The maximum absolute atomic E-state index is 12.1. The van der Waals surface area contributed by atoms with Crippen LogP contribution in [0, 0.1) is 6.92 Å². The van der Waals surface area contributed by atoms with Crippen molar-refractivity contribution in [2.45, 2.75) is 20.0 Å². The van der Waals surface area contributed by atoms with Crippen molar-refractivity contribution in [3.05, 3.63) is 63.6 Å².